The molecule has 2 aromatic heterocycles. The number of amides is 2. The second-order valence-corrected chi connectivity index (χ2v) is 11.7. The third-order valence-corrected chi connectivity index (χ3v) is 9.21. The first-order chi connectivity index (χ1) is 17.6. The summed E-state index contributed by atoms with van der Waals surface area (Å²) in [6, 6.07) is 15.5. The monoisotopic (exact) mass is 540 g/mol. The average Bonchev–Trinajstić information content (AvgIpc) is 3.61. The second-order valence-electron chi connectivity index (χ2n) is 8.61. The van der Waals surface area contributed by atoms with E-state index in [9.17, 15) is 14.7 Å². The highest BCUT2D eigenvalue weighted by Crippen LogP contribution is 2.31. The number of aromatic hydroxyl groups is 1. The molecule has 1 N–H and O–H groups in total. The number of carbonyl (C=O) groups is 2. The molecule has 0 aliphatic carbocycles. The van der Waals surface area contributed by atoms with Gasteiger partial charge in [0.1, 0.15) is 11.3 Å². The van der Waals surface area contributed by atoms with Crippen molar-refractivity contribution in [3.63, 3.8) is 0 Å². The van der Waals surface area contributed by atoms with Crippen LogP contribution in [0.25, 0.3) is 0 Å². The van der Waals surface area contributed by atoms with E-state index < -0.39 is 0 Å². The van der Waals surface area contributed by atoms with Gasteiger partial charge in [0, 0.05) is 68.1 Å². The fraction of sp³-hybridized carbons (Fsp3) is 0.308. The van der Waals surface area contributed by atoms with Crippen molar-refractivity contribution in [2.45, 2.75) is 12.8 Å². The van der Waals surface area contributed by atoms with Crippen molar-refractivity contribution in [3.05, 3.63) is 80.8 Å². The highest BCUT2D eigenvalue weighted by atomic mass is 32.2. The molecule has 0 saturated carbocycles. The number of thiophene rings is 2. The number of rotatable bonds is 8. The summed E-state index contributed by atoms with van der Waals surface area (Å²) < 4.78 is 3.44. The zero-order valence-electron chi connectivity index (χ0n) is 19.8. The summed E-state index contributed by atoms with van der Waals surface area (Å²) in [4.78, 5) is 33.4. The van der Waals surface area contributed by atoms with Crippen LogP contribution in [0.15, 0.2) is 71.1 Å². The van der Waals surface area contributed by atoms with Crippen LogP contribution in [-0.2, 0) is 22.4 Å². The number of nitrogens with zero attached hydrogens (tertiary/aromatic N) is 4. The van der Waals surface area contributed by atoms with E-state index in [0.29, 0.717) is 39.3 Å². The molecule has 7 nitrogen and oxygen atoms in total. The standard InChI is InChI=1S/C26H28N4O3S3/c31-24-8-2-1-7-23(24)28-15-13-27(14-16-28)19-22-25(32)29(11-9-20-5-3-17-34-20)36-30(26(22)33)12-10-21-6-4-18-35-21/h1-8,17-19,31H,9-16H2. The Labute approximate surface area is 223 Å². The lowest BCUT2D eigenvalue weighted by Crippen LogP contribution is -2.48. The van der Waals surface area contributed by atoms with Gasteiger partial charge in [0.25, 0.3) is 11.8 Å². The number of piperazine rings is 1. The lowest BCUT2D eigenvalue weighted by Gasteiger charge is -2.38. The molecule has 2 aliphatic rings. The zero-order valence-corrected chi connectivity index (χ0v) is 22.2. The van der Waals surface area contributed by atoms with Gasteiger partial charge in [0.05, 0.1) is 17.8 Å². The van der Waals surface area contributed by atoms with Gasteiger partial charge in [-0.3, -0.25) is 18.2 Å². The summed E-state index contributed by atoms with van der Waals surface area (Å²) in [7, 11) is 0. The van der Waals surface area contributed by atoms with Crippen molar-refractivity contribution in [2.24, 2.45) is 0 Å². The molecule has 10 heteroatoms. The van der Waals surface area contributed by atoms with Crippen LogP contribution in [-0.4, -0.2) is 69.7 Å². The SMILES string of the molecule is O=C1C(=CN2CCN(c3ccccc3O)CC2)C(=O)N(CCc2cccs2)SN1CCc1cccs1. The van der Waals surface area contributed by atoms with E-state index in [-0.39, 0.29) is 23.1 Å². The van der Waals surface area contributed by atoms with Crippen molar-refractivity contribution in [3.8, 4) is 5.75 Å². The van der Waals surface area contributed by atoms with E-state index >= 15 is 0 Å². The molecule has 1 aromatic carbocycles. The first-order valence-electron chi connectivity index (χ1n) is 11.9. The molecule has 0 bridgehead atoms. The maximum absolute atomic E-state index is 13.4. The molecular weight excluding hydrogens is 513 g/mol. The number of anilines is 1. The van der Waals surface area contributed by atoms with Gasteiger partial charge >= 0.3 is 0 Å². The summed E-state index contributed by atoms with van der Waals surface area (Å²) in [5, 5.41) is 14.3. The Morgan fingerprint density at radius 1 is 0.778 bits per heavy atom. The van der Waals surface area contributed by atoms with E-state index in [4.69, 9.17) is 0 Å². The normalized spacial score (nSPS) is 16.7. The summed E-state index contributed by atoms with van der Waals surface area (Å²) in [5.74, 6) is -0.184. The molecule has 0 spiro atoms. The molecule has 4 heterocycles. The van der Waals surface area contributed by atoms with Crippen LogP contribution in [0, 0.1) is 0 Å². The first-order valence-corrected chi connectivity index (χ1v) is 14.4. The Hall–Kier alpha value is -2.95. The summed E-state index contributed by atoms with van der Waals surface area (Å²) in [6.45, 7) is 3.81. The first kappa shape index (κ1) is 24.7. The molecule has 2 amide bonds. The highest BCUT2D eigenvalue weighted by molar-refractivity contribution is 7.96. The summed E-state index contributed by atoms with van der Waals surface area (Å²) >= 11 is 4.60. The minimum absolute atomic E-state index is 0.224. The van der Waals surface area contributed by atoms with Gasteiger partial charge in [-0.1, -0.05) is 24.3 Å². The molecule has 0 radical (unpaired) electrons. The number of carbonyl (C=O) groups excluding carboxylic acids is 2. The molecule has 0 atom stereocenters. The number of hydrogen-bond donors (Lipinski definition) is 1. The van der Waals surface area contributed by atoms with Gasteiger partial charge in [0.2, 0.25) is 0 Å². The predicted molar refractivity (Wildman–Crippen MR) is 147 cm³/mol. The second kappa shape index (κ2) is 11.4. The van der Waals surface area contributed by atoms with Crippen molar-refractivity contribution < 1.29 is 14.7 Å². The van der Waals surface area contributed by atoms with Crippen molar-refractivity contribution in [1.82, 2.24) is 13.5 Å². The van der Waals surface area contributed by atoms with Crippen LogP contribution < -0.4 is 4.90 Å². The number of phenols is 1. The van der Waals surface area contributed by atoms with Crippen LogP contribution in [0.1, 0.15) is 9.75 Å². The summed E-state index contributed by atoms with van der Waals surface area (Å²) in [6.07, 6.45) is 3.27. The Bertz CT molecular complexity index is 1150. The van der Waals surface area contributed by atoms with Gasteiger partial charge in [-0.05, 0) is 35.0 Å². The zero-order chi connectivity index (χ0) is 24.9. The Morgan fingerprint density at radius 3 is 1.89 bits per heavy atom. The fourth-order valence-electron chi connectivity index (χ4n) is 4.29. The van der Waals surface area contributed by atoms with E-state index in [1.807, 2.05) is 46.0 Å². The van der Waals surface area contributed by atoms with E-state index in [1.54, 1.807) is 43.6 Å². The van der Waals surface area contributed by atoms with Gasteiger partial charge in [0.15, 0.2) is 0 Å². The maximum atomic E-state index is 13.4. The van der Waals surface area contributed by atoms with Gasteiger partial charge in [-0.2, -0.15) is 0 Å². The van der Waals surface area contributed by atoms with E-state index in [1.165, 1.54) is 21.9 Å². The maximum Gasteiger partial charge on any atom is 0.272 e. The number of para-hydroxylation sites is 2. The van der Waals surface area contributed by atoms with Gasteiger partial charge < -0.3 is 14.9 Å². The molecule has 2 saturated heterocycles. The summed E-state index contributed by atoms with van der Waals surface area (Å²) in [5.41, 5.74) is 1.03. The highest BCUT2D eigenvalue weighted by Gasteiger charge is 2.37. The topological polar surface area (TPSA) is 67.3 Å². The van der Waals surface area contributed by atoms with E-state index in [2.05, 4.69) is 17.0 Å². The molecule has 2 fully saturated rings. The number of hydrogen-bond acceptors (Lipinski definition) is 8. The lowest BCUT2D eigenvalue weighted by atomic mass is 10.2. The van der Waals surface area contributed by atoms with Crippen molar-refractivity contribution in [1.29, 1.82) is 0 Å². The number of benzene rings is 1. The molecule has 188 valence electrons. The quantitative estimate of drug-likeness (QED) is 0.262. The molecule has 0 unspecified atom stereocenters. The van der Waals surface area contributed by atoms with Crippen LogP contribution in [0.5, 0.6) is 5.75 Å². The van der Waals surface area contributed by atoms with Crippen molar-refractivity contribution in [2.75, 3.05) is 44.2 Å². The van der Waals surface area contributed by atoms with Gasteiger partial charge in [-0.15, -0.1) is 22.7 Å². The fourth-order valence-corrected chi connectivity index (χ4v) is 6.61. The third-order valence-electron chi connectivity index (χ3n) is 6.24. The average molecular weight is 541 g/mol. The molecule has 5 rings (SSSR count). The van der Waals surface area contributed by atoms with Crippen LogP contribution in [0.2, 0.25) is 0 Å². The van der Waals surface area contributed by atoms with Crippen LogP contribution >= 0.6 is 34.8 Å². The smallest absolute Gasteiger partial charge is 0.272 e. The minimum atomic E-state index is -0.225. The molecule has 3 aromatic rings. The molecular formula is C26H28N4O3S3. The van der Waals surface area contributed by atoms with E-state index in [0.717, 1.165) is 18.5 Å². The third kappa shape index (κ3) is 5.71. The molecule has 36 heavy (non-hydrogen) atoms. The molecule has 2 aliphatic heterocycles. The lowest BCUT2D eigenvalue weighted by molar-refractivity contribution is -0.131. The number of phenolic OH excluding ortho intramolecular Hbond substituents is 1. The Balaban J connectivity index is 1.29. The van der Waals surface area contributed by atoms with Crippen molar-refractivity contribution >= 4 is 52.3 Å². The minimum Gasteiger partial charge on any atom is -0.506 e. The van der Waals surface area contributed by atoms with Crippen LogP contribution in [0.3, 0.4) is 0 Å². The largest absolute Gasteiger partial charge is 0.506 e. The van der Waals surface area contributed by atoms with Crippen LogP contribution in [0.4, 0.5) is 5.69 Å². The predicted octanol–water partition coefficient (Wildman–Crippen LogP) is 4.24. The Kier molecular flexibility index (Phi) is 7.84. The van der Waals surface area contributed by atoms with Gasteiger partial charge in [-0.25, -0.2) is 0 Å². The Morgan fingerprint density at radius 2 is 1.36 bits per heavy atom.